The van der Waals surface area contributed by atoms with E-state index in [1.807, 2.05) is 19.0 Å². The molecule has 22 heavy (non-hydrogen) atoms. The molecule has 0 saturated heterocycles. The summed E-state index contributed by atoms with van der Waals surface area (Å²) in [6.07, 6.45) is 0.417. The second-order valence-corrected chi connectivity index (χ2v) is 6.92. The van der Waals surface area contributed by atoms with Gasteiger partial charge in [-0.05, 0) is 32.6 Å². The molecule has 1 atom stereocenters. The van der Waals surface area contributed by atoms with Crippen molar-refractivity contribution in [3.05, 3.63) is 40.7 Å². The first kappa shape index (κ1) is 16.8. The fraction of sp³-hybridized carbons (Fsp3) is 0.467. The molecule has 1 aromatic carbocycles. The van der Waals surface area contributed by atoms with Gasteiger partial charge in [0.15, 0.2) is 0 Å². The first-order valence-electron chi connectivity index (χ1n) is 7.02. The summed E-state index contributed by atoms with van der Waals surface area (Å²) in [6, 6.07) is 6.65. The molecule has 5 nitrogen and oxygen atoms in total. The minimum atomic E-state index is -0.860. The van der Waals surface area contributed by atoms with Crippen molar-refractivity contribution < 1.29 is 9.50 Å². The van der Waals surface area contributed by atoms with E-state index in [9.17, 15) is 9.50 Å². The number of benzene rings is 1. The lowest BCUT2D eigenvalue weighted by Crippen LogP contribution is -2.43. The quantitative estimate of drug-likeness (QED) is 0.816. The molecule has 0 fully saturated rings. The van der Waals surface area contributed by atoms with E-state index < -0.39 is 5.60 Å². The fourth-order valence-electron chi connectivity index (χ4n) is 2.20. The maximum Gasteiger partial charge on any atom is 0.205 e. The molecule has 0 aliphatic heterocycles. The predicted octanol–water partition coefficient (Wildman–Crippen LogP) is 1.99. The summed E-state index contributed by atoms with van der Waals surface area (Å²) in [6.45, 7) is 2.68. The van der Waals surface area contributed by atoms with Crippen LogP contribution in [0.25, 0.3) is 0 Å². The van der Waals surface area contributed by atoms with Gasteiger partial charge in [-0.2, -0.15) is 0 Å². The minimum absolute atomic E-state index is 0.235. The van der Waals surface area contributed by atoms with Gasteiger partial charge in [-0.25, -0.2) is 4.39 Å². The second-order valence-electron chi connectivity index (χ2n) is 5.86. The minimum Gasteiger partial charge on any atom is -0.387 e. The van der Waals surface area contributed by atoms with Gasteiger partial charge < -0.3 is 15.3 Å². The van der Waals surface area contributed by atoms with Gasteiger partial charge in [-0.1, -0.05) is 29.5 Å². The summed E-state index contributed by atoms with van der Waals surface area (Å²) in [7, 11) is 3.82. The molecule has 7 heteroatoms. The van der Waals surface area contributed by atoms with Crippen LogP contribution in [0.5, 0.6) is 0 Å². The van der Waals surface area contributed by atoms with E-state index >= 15 is 0 Å². The van der Waals surface area contributed by atoms with Gasteiger partial charge in [0.2, 0.25) is 5.13 Å². The number of hydrogen-bond donors (Lipinski definition) is 2. The van der Waals surface area contributed by atoms with Gasteiger partial charge in [-0.15, -0.1) is 10.2 Å². The molecule has 0 amide bonds. The maximum atomic E-state index is 13.6. The SMILES string of the molecule is CN(C)CC(C)(O)CNc1nnc(Cc2ccccc2F)s1. The summed E-state index contributed by atoms with van der Waals surface area (Å²) >= 11 is 1.37. The molecule has 0 bridgehead atoms. The predicted molar refractivity (Wildman–Crippen MR) is 86.8 cm³/mol. The molecule has 2 aromatic rings. The van der Waals surface area contributed by atoms with Crippen molar-refractivity contribution >= 4 is 16.5 Å². The number of halogens is 1. The van der Waals surface area contributed by atoms with E-state index in [0.717, 1.165) is 5.01 Å². The molecular weight excluding hydrogens is 303 g/mol. The summed E-state index contributed by atoms with van der Waals surface area (Å²) in [5.41, 5.74) is -0.259. The Morgan fingerprint density at radius 3 is 2.73 bits per heavy atom. The Morgan fingerprint density at radius 2 is 2.05 bits per heavy atom. The third-order valence-corrected chi connectivity index (χ3v) is 3.92. The summed E-state index contributed by atoms with van der Waals surface area (Å²) in [5, 5.41) is 22.8. The van der Waals surface area contributed by atoms with Gasteiger partial charge in [0.05, 0.1) is 5.60 Å². The van der Waals surface area contributed by atoms with E-state index in [-0.39, 0.29) is 5.82 Å². The highest BCUT2D eigenvalue weighted by atomic mass is 32.1. The largest absolute Gasteiger partial charge is 0.387 e. The number of aromatic nitrogens is 2. The van der Waals surface area contributed by atoms with Crippen molar-refractivity contribution in [3.8, 4) is 0 Å². The highest BCUT2D eigenvalue weighted by Gasteiger charge is 2.21. The summed E-state index contributed by atoms with van der Waals surface area (Å²) < 4.78 is 13.6. The molecule has 1 aromatic heterocycles. The van der Waals surface area contributed by atoms with Crippen LogP contribution in [0.4, 0.5) is 9.52 Å². The maximum absolute atomic E-state index is 13.6. The van der Waals surface area contributed by atoms with E-state index in [4.69, 9.17) is 0 Å². The number of likely N-dealkylation sites (N-methyl/N-ethyl adjacent to an activating group) is 1. The van der Waals surface area contributed by atoms with Crippen LogP contribution in [0.15, 0.2) is 24.3 Å². The Bertz CT molecular complexity index is 615. The third-order valence-electron chi connectivity index (χ3n) is 3.04. The van der Waals surface area contributed by atoms with Crippen molar-refractivity contribution in [1.29, 1.82) is 0 Å². The number of rotatable bonds is 7. The normalized spacial score (nSPS) is 14.1. The average molecular weight is 324 g/mol. The van der Waals surface area contributed by atoms with Crippen molar-refractivity contribution in [3.63, 3.8) is 0 Å². The van der Waals surface area contributed by atoms with Gasteiger partial charge >= 0.3 is 0 Å². The van der Waals surface area contributed by atoms with Crippen molar-refractivity contribution in [1.82, 2.24) is 15.1 Å². The van der Waals surface area contributed by atoms with Crippen LogP contribution >= 0.6 is 11.3 Å². The van der Waals surface area contributed by atoms with Gasteiger partial charge in [0, 0.05) is 19.5 Å². The summed E-state index contributed by atoms with van der Waals surface area (Å²) in [5.74, 6) is -0.235. The fourth-order valence-corrected chi connectivity index (χ4v) is 2.96. The van der Waals surface area contributed by atoms with Crippen LogP contribution in [0.3, 0.4) is 0 Å². The lowest BCUT2D eigenvalue weighted by molar-refractivity contribution is 0.0459. The van der Waals surface area contributed by atoms with E-state index in [1.54, 1.807) is 25.1 Å². The topological polar surface area (TPSA) is 61.3 Å². The smallest absolute Gasteiger partial charge is 0.205 e. The van der Waals surface area contributed by atoms with Crippen molar-refractivity contribution in [2.24, 2.45) is 0 Å². The number of hydrogen-bond acceptors (Lipinski definition) is 6. The van der Waals surface area contributed by atoms with E-state index in [2.05, 4.69) is 15.5 Å². The van der Waals surface area contributed by atoms with Gasteiger partial charge in [0.1, 0.15) is 10.8 Å². The second kappa shape index (κ2) is 7.13. The molecular formula is C15H21FN4OS. The Hall–Kier alpha value is -1.57. The van der Waals surface area contributed by atoms with E-state index in [1.165, 1.54) is 17.4 Å². The van der Waals surface area contributed by atoms with Crippen LogP contribution in [0.2, 0.25) is 0 Å². The van der Waals surface area contributed by atoms with Crippen molar-refractivity contribution in [2.45, 2.75) is 18.9 Å². The lowest BCUT2D eigenvalue weighted by Gasteiger charge is -2.26. The molecule has 1 unspecified atom stereocenters. The highest BCUT2D eigenvalue weighted by Crippen LogP contribution is 2.20. The van der Waals surface area contributed by atoms with Crippen molar-refractivity contribution in [2.75, 3.05) is 32.5 Å². The average Bonchev–Trinajstić information content (AvgIpc) is 2.86. The zero-order chi connectivity index (χ0) is 16.2. The molecule has 0 radical (unpaired) electrons. The molecule has 0 aliphatic rings. The molecule has 1 heterocycles. The van der Waals surface area contributed by atoms with Gasteiger partial charge in [-0.3, -0.25) is 0 Å². The number of aliphatic hydroxyl groups is 1. The molecule has 0 saturated carbocycles. The van der Waals surface area contributed by atoms with Gasteiger partial charge in [0.25, 0.3) is 0 Å². The molecule has 0 aliphatic carbocycles. The first-order chi connectivity index (χ1) is 10.4. The van der Waals surface area contributed by atoms with E-state index in [0.29, 0.717) is 30.2 Å². The molecule has 120 valence electrons. The Kier molecular flexibility index (Phi) is 5.44. The lowest BCUT2D eigenvalue weighted by atomic mass is 10.1. The van der Waals surface area contributed by atoms with Crippen LogP contribution < -0.4 is 5.32 Å². The van der Waals surface area contributed by atoms with Crippen LogP contribution in [0, 0.1) is 5.82 Å². The molecule has 0 spiro atoms. The van der Waals surface area contributed by atoms with Crippen LogP contribution in [-0.2, 0) is 6.42 Å². The molecule has 2 N–H and O–H groups in total. The number of anilines is 1. The Balaban J connectivity index is 1.93. The first-order valence-corrected chi connectivity index (χ1v) is 7.84. The number of nitrogens with one attached hydrogen (secondary N) is 1. The Morgan fingerprint density at radius 1 is 1.32 bits per heavy atom. The zero-order valence-electron chi connectivity index (χ0n) is 13.0. The highest BCUT2D eigenvalue weighted by molar-refractivity contribution is 7.15. The monoisotopic (exact) mass is 324 g/mol. The number of nitrogens with zero attached hydrogens (tertiary/aromatic N) is 3. The standard InChI is InChI=1S/C15H21FN4OS/c1-15(21,10-20(2)3)9-17-14-19-18-13(22-14)8-11-6-4-5-7-12(11)16/h4-7,21H,8-10H2,1-3H3,(H,17,19). The third kappa shape index (κ3) is 5.01. The zero-order valence-corrected chi connectivity index (χ0v) is 13.8. The van der Waals surface area contributed by atoms with Crippen LogP contribution in [-0.4, -0.2) is 53.0 Å². The summed E-state index contributed by atoms with van der Waals surface area (Å²) in [4.78, 5) is 1.92. The Labute approximate surface area is 133 Å². The van der Waals surface area contributed by atoms with Crippen LogP contribution in [0.1, 0.15) is 17.5 Å². The molecule has 2 rings (SSSR count).